The Balaban J connectivity index is 3.01. The summed E-state index contributed by atoms with van der Waals surface area (Å²) in [6, 6.07) is 5.35. The predicted octanol–water partition coefficient (Wildman–Crippen LogP) is 1.55. The van der Waals surface area contributed by atoms with Crippen molar-refractivity contribution in [2.45, 2.75) is 6.92 Å². The van der Waals surface area contributed by atoms with Crippen molar-refractivity contribution in [1.82, 2.24) is 0 Å². The van der Waals surface area contributed by atoms with E-state index in [0.29, 0.717) is 11.4 Å². The highest BCUT2D eigenvalue weighted by Crippen LogP contribution is 2.25. The number of ether oxygens (including phenoxy) is 1. The van der Waals surface area contributed by atoms with E-state index >= 15 is 0 Å². The number of aryl methyl sites for hydroxylation is 1. The summed E-state index contributed by atoms with van der Waals surface area (Å²) in [5.74, 6) is 0.549. The lowest BCUT2D eigenvalue weighted by Crippen LogP contribution is -2.03. The molecule has 13 heavy (non-hydrogen) atoms. The largest absolute Gasteiger partial charge is 0.495 e. The highest BCUT2D eigenvalue weighted by Gasteiger charge is 2.03. The summed E-state index contributed by atoms with van der Waals surface area (Å²) < 4.78 is 26.5. The summed E-state index contributed by atoms with van der Waals surface area (Å²) >= 11 is -2.07. The summed E-state index contributed by atoms with van der Waals surface area (Å²) in [4.78, 5) is 0. The fourth-order valence-corrected chi connectivity index (χ4v) is 1.34. The minimum absolute atomic E-state index is 0.517. The van der Waals surface area contributed by atoms with Crippen LogP contribution in [0.4, 0.5) is 5.69 Å². The Kier molecular flexibility index (Phi) is 3.27. The standard InChI is InChI=1S/C8H11NO3S/c1-6-3-4-8(12-2)7(5-6)9-13(10)11/h3-5,9H,1-2H3,(H,10,11). The molecule has 0 spiro atoms. The molecule has 4 nitrogen and oxygen atoms in total. The van der Waals surface area contributed by atoms with Crippen LogP contribution < -0.4 is 9.46 Å². The summed E-state index contributed by atoms with van der Waals surface area (Å²) in [5, 5.41) is 0. The molecule has 0 aliphatic heterocycles. The first-order valence-corrected chi connectivity index (χ1v) is 4.76. The van der Waals surface area contributed by atoms with Crippen LogP contribution in [0.5, 0.6) is 5.75 Å². The van der Waals surface area contributed by atoms with Crippen molar-refractivity contribution < 1.29 is 13.5 Å². The molecule has 1 aromatic carbocycles. The molecular weight excluding hydrogens is 190 g/mol. The van der Waals surface area contributed by atoms with Crippen molar-refractivity contribution in [3.8, 4) is 5.75 Å². The Hall–Kier alpha value is -1.07. The van der Waals surface area contributed by atoms with Crippen LogP contribution in [0, 0.1) is 6.92 Å². The van der Waals surface area contributed by atoms with Crippen LogP contribution in [-0.4, -0.2) is 15.9 Å². The zero-order chi connectivity index (χ0) is 9.84. The Morgan fingerprint density at radius 1 is 1.54 bits per heavy atom. The van der Waals surface area contributed by atoms with E-state index in [4.69, 9.17) is 9.29 Å². The van der Waals surface area contributed by atoms with Crippen LogP contribution in [0.1, 0.15) is 5.56 Å². The molecule has 1 atom stereocenters. The molecule has 72 valence electrons. The summed E-state index contributed by atoms with van der Waals surface area (Å²) in [5.41, 5.74) is 1.51. The maximum atomic E-state index is 10.5. The molecule has 1 aromatic rings. The molecule has 0 bridgehead atoms. The van der Waals surface area contributed by atoms with Gasteiger partial charge in [-0.3, -0.25) is 9.27 Å². The van der Waals surface area contributed by atoms with Gasteiger partial charge in [-0.15, -0.1) is 0 Å². The second kappa shape index (κ2) is 4.25. The number of hydrogen-bond acceptors (Lipinski definition) is 2. The summed E-state index contributed by atoms with van der Waals surface area (Å²) in [6.07, 6.45) is 0. The van der Waals surface area contributed by atoms with E-state index in [9.17, 15) is 4.21 Å². The van der Waals surface area contributed by atoms with E-state index in [1.54, 1.807) is 12.1 Å². The molecule has 0 radical (unpaired) electrons. The van der Waals surface area contributed by atoms with Crippen LogP contribution in [-0.2, 0) is 11.3 Å². The molecular formula is C8H11NO3S. The molecule has 0 aliphatic rings. The molecule has 0 heterocycles. The average molecular weight is 201 g/mol. The van der Waals surface area contributed by atoms with E-state index in [1.165, 1.54) is 7.11 Å². The van der Waals surface area contributed by atoms with E-state index in [0.717, 1.165) is 5.56 Å². The molecule has 5 heteroatoms. The van der Waals surface area contributed by atoms with Crippen molar-refractivity contribution in [3.05, 3.63) is 23.8 Å². The number of methoxy groups -OCH3 is 1. The number of nitrogens with one attached hydrogen (secondary N) is 1. The van der Waals surface area contributed by atoms with Crippen LogP contribution in [0.3, 0.4) is 0 Å². The lowest BCUT2D eigenvalue weighted by molar-refractivity contribution is 0.416. The molecule has 1 unspecified atom stereocenters. The second-order valence-electron chi connectivity index (χ2n) is 2.55. The van der Waals surface area contributed by atoms with Gasteiger partial charge in [0.2, 0.25) is 0 Å². The van der Waals surface area contributed by atoms with E-state index in [-0.39, 0.29) is 0 Å². The number of rotatable bonds is 3. The highest BCUT2D eigenvalue weighted by atomic mass is 32.2. The quantitative estimate of drug-likeness (QED) is 0.729. The number of benzene rings is 1. The van der Waals surface area contributed by atoms with Crippen molar-refractivity contribution >= 4 is 17.0 Å². The predicted molar refractivity (Wildman–Crippen MR) is 52.1 cm³/mol. The molecule has 1 rings (SSSR count). The van der Waals surface area contributed by atoms with Gasteiger partial charge in [-0.1, -0.05) is 6.07 Å². The van der Waals surface area contributed by atoms with Gasteiger partial charge < -0.3 is 4.74 Å². The second-order valence-corrected chi connectivity index (χ2v) is 3.26. The Bertz CT molecular complexity index is 327. The first-order chi connectivity index (χ1) is 6.13. The average Bonchev–Trinajstić information content (AvgIpc) is 2.03. The van der Waals surface area contributed by atoms with Crippen LogP contribution in [0.2, 0.25) is 0 Å². The maximum absolute atomic E-state index is 10.5. The fourth-order valence-electron chi connectivity index (χ4n) is 0.996. The highest BCUT2D eigenvalue weighted by molar-refractivity contribution is 7.80. The minimum atomic E-state index is -2.07. The van der Waals surface area contributed by atoms with Crippen molar-refractivity contribution in [1.29, 1.82) is 0 Å². The molecule has 0 saturated carbocycles. The molecule has 0 fully saturated rings. The van der Waals surface area contributed by atoms with Gasteiger partial charge in [0.05, 0.1) is 12.8 Å². The molecule has 0 aromatic heterocycles. The number of anilines is 1. The minimum Gasteiger partial charge on any atom is -0.495 e. The van der Waals surface area contributed by atoms with Gasteiger partial charge in [-0.25, -0.2) is 4.21 Å². The maximum Gasteiger partial charge on any atom is 0.259 e. The van der Waals surface area contributed by atoms with E-state index in [1.807, 2.05) is 13.0 Å². The third-order valence-corrected chi connectivity index (χ3v) is 1.95. The SMILES string of the molecule is COc1ccc(C)cc1NS(=O)O. The Labute approximate surface area is 79.3 Å². The third kappa shape index (κ3) is 2.71. The van der Waals surface area contributed by atoms with Crippen LogP contribution in [0.25, 0.3) is 0 Å². The van der Waals surface area contributed by atoms with Gasteiger partial charge in [0.1, 0.15) is 5.75 Å². The molecule has 0 aliphatic carbocycles. The van der Waals surface area contributed by atoms with E-state index in [2.05, 4.69) is 4.72 Å². The van der Waals surface area contributed by atoms with Gasteiger partial charge in [-0.2, -0.15) is 0 Å². The van der Waals surface area contributed by atoms with Gasteiger partial charge in [-0.05, 0) is 24.6 Å². The van der Waals surface area contributed by atoms with Crippen LogP contribution >= 0.6 is 0 Å². The van der Waals surface area contributed by atoms with Gasteiger partial charge in [0, 0.05) is 0 Å². The normalized spacial score (nSPS) is 12.2. The van der Waals surface area contributed by atoms with Gasteiger partial charge in [0.15, 0.2) is 0 Å². The van der Waals surface area contributed by atoms with Crippen molar-refractivity contribution in [2.24, 2.45) is 0 Å². The Morgan fingerprint density at radius 3 is 2.77 bits per heavy atom. The van der Waals surface area contributed by atoms with Crippen molar-refractivity contribution in [3.63, 3.8) is 0 Å². The lowest BCUT2D eigenvalue weighted by Gasteiger charge is -2.08. The monoisotopic (exact) mass is 201 g/mol. The van der Waals surface area contributed by atoms with E-state index < -0.39 is 11.3 Å². The summed E-state index contributed by atoms with van der Waals surface area (Å²) in [7, 11) is 1.51. The van der Waals surface area contributed by atoms with Gasteiger partial charge >= 0.3 is 0 Å². The smallest absolute Gasteiger partial charge is 0.259 e. The number of hydrogen-bond donors (Lipinski definition) is 2. The third-order valence-electron chi connectivity index (χ3n) is 1.55. The summed E-state index contributed by atoms with van der Waals surface area (Å²) in [6.45, 7) is 1.89. The Morgan fingerprint density at radius 2 is 2.23 bits per heavy atom. The van der Waals surface area contributed by atoms with Crippen LogP contribution in [0.15, 0.2) is 18.2 Å². The fraction of sp³-hybridized carbons (Fsp3) is 0.250. The zero-order valence-electron chi connectivity index (χ0n) is 7.40. The first kappa shape index (κ1) is 10.0. The lowest BCUT2D eigenvalue weighted by atomic mass is 10.2. The molecule has 0 amide bonds. The molecule has 0 saturated heterocycles. The zero-order valence-corrected chi connectivity index (χ0v) is 8.22. The van der Waals surface area contributed by atoms with Gasteiger partial charge in [0.25, 0.3) is 11.3 Å². The first-order valence-electron chi connectivity index (χ1n) is 3.65. The van der Waals surface area contributed by atoms with Crippen molar-refractivity contribution in [2.75, 3.05) is 11.8 Å². The topological polar surface area (TPSA) is 58.6 Å². The molecule has 2 N–H and O–H groups in total.